The number of hydrogen-bond acceptors (Lipinski definition) is 4. The molecule has 1 rings (SSSR count). The Labute approximate surface area is 100 Å². The van der Waals surface area contributed by atoms with E-state index in [-0.39, 0.29) is 12.3 Å². The van der Waals surface area contributed by atoms with Crippen LogP contribution < -0.4 is 10.0 Å². The Bertz CT molecular complexity index is 453. The van der Waals surface area contributed by atoms with Gasteiger partial charge in [-0.2, -0.15) is 0 Å². The molecule has 0 aromatic carbocycles. The number of nitrogens with one attached hydrogen (secondary N) is 2. The van der Waals surface area contributed by atoms with Gasteiger partial charge in [0, 0.05) is 0 Å². The normalized spacial score (nSPS) is 13.3. The van der Waals surface area contributed by atoms with E-state index in [1.807, 2.05) is 0 Å². The van der Waals surface area contributed by atoms with E-state index in [9.17, 15) is 13.2 Å². The van der Waals surface area contributed by atoms with Crippen molar-refractivity contribution in [3.8, 4) is 0 Å². The standard InChI is InChI=1S/C10H16N2O4S/c1-3-17(14,15)12-8(2)10(13)11-7-9-5-4-6-16-9/h4-6,8,12H,3,7H2,1-2H3,(H,11,13)/t8-/m0/s1. The van der Waals surface area contributed by atoms with Gasteiger partial charge in [0.25, 0.3) is 0 Å². The van der Waals surface area contributed by atoms with E-state index < -0.39 is 22.0 Å². The van der Waals surface area contributed by atoms with Crippen LogP contribution in [0.15, 0.2) is 22.8 Å². The van der Waals surface area contributed by atoms with Crippen LogP contribution in [-0.2, 0) is 21.4 Å². The molecule has 0 aliphatic heterocycles. The first-order valence-electron chi connectivity index (χ1n) is 5.24. The molecule has 1 atom stereocenters. The molecule has 0 fully saturated rings. The van der Waals surface area contributed by atoms with Gasteiger partial charge in [0.15, 0.2) is 0 Å². The van der Waals surface area contributed by atoms with Gasteiger partial charge < -0.3 is 9.73 Å². The van der Waals surface area contributed by atoms with E-state index >= 15 is 0 Å². The summed E-state index contributed by atoms with van der Waals surface area (Å²) >= 11 is 0. The fraction of sp³-hybridized carbons (Fsp3) is 0.500. The van der Waals surface area contributed by atoms with Gasteiger partial charge in [0.05, 0.1) is 24.6 Å². The molecule has 7 heteroatoms. The lowest BCUT2D eigenvalue weighted by Crippen LogP contribution is -2.44. The van der Waals surface area contributed by atoms with Crippen LogP contribution in [0.25, 0.3) is 0 Å². The molecule has 0 unspecified atom stereocenters. The molecule has 0 radical (unpaired) electrons. The van der Waals surface area contributed by atoms with Crippen molar-refractivity contribution in [2.24, 2.45) is 0 Å². The maximum absolute atomic E-state index is 11.6. The molecule has 0 saturated heterocycles. The van der Waals surface area contributed by atoms with Crippen LogP contribution in [0, 0.1) is 0 Å². The first kappa shape index (κ1) is 13.7. The van der Waals surface area contributed by atoms with E-state index in [0.29, 0.717) is 5.76 Å². The van der Waals surface area contributed by atoms with Gasteiger partial charge in [0.1, 0.15) is 5.76 Å². The molecule has 0 spiro atoms. The van der Waals surface area contributed by atoms with E-state index in [0.717, 1.165) is 0 Å². The smallest absolute Gasteiger partial charge is 0.238 e. The van der Waals surface area contributed by atoms with Crippen molar-refractivity contribution in [1.29, 1.82) is 0 Å². The van der Waals surface area contributed by atoms with E-state index in [1.165, 1.54) is 20.1 Å². The van der Waals surface area contributed by atoms with Crippen LogP contribution in [-0.4, -0.2) is 26.1 Å². The molecule has 0 saturated carbocycles. The number of furan rings is 1. The molecular formula is C10H16N2O4S. The maximum atomic E-state index is 11.6. The Morgan fingerprint density at radius 1 is 1.53 bits per heavy atom. The second-order valence-electron chi connectivity index (χ2n) is 3.54. The van der Waals surface area contributed by atoms with E-state index in [2.05, 4.69) is 10.0 Å². The predicted molar refractivity (Wildman–Crippen MR) is 62.6 cm³/mol. The van der Waals surface area contributed by atoms with Crippen LogP contribution >= 0.6 is 0 Å². The Hall–Kier alpha value is -1.34. The summed E-state index contributed by atoms with van der Waals surface area (Å²) in [5, 5.41) is 2.57. The molecule has 0 aliphatic rings. The van der Waals surface area contributed by atoms with Crippen molar-refractivity contribution in [2.45, 2.75) is 26.4 Å². The number of sulfonamides is 1. The molecule has 96 valence electrons. The third-order valence-electron chi connectivity index (χ3n) is 2.15. The summed E-state index contributed by atoms with van der Waals surface area (Å²) in [6, 6.07) is 2.64. The van der Waals surface area contributed by atoms with Gasteiger partial charge in [-0.3, -0.25) is 4.79 Å². The highest BCUT2D eigenvalue weighted by Crippen LogP contribution is 1.99. The summed E-state index contributed by atoms with van der Waals surface area (Å²) in [4.78, 5) is 11.6. The number of rotatable bonds is 6. The fourth-order valence-electron chi connectivity index (χ4n) is 1.15. The Morgan fingerprint density at radius 2 is 2.24 bits per heavy atom. The minimum Gasteiger partial charge on any atom is -0.467 e. The average molecular weight is 260 g/mol. The minimum atomic E-state index is -3.37. The zero-order valence-corrected chi connectivity index (χ0v) is 10.6. The van der Waals surface area contributed by atoms with Crippen LogP contribution in [0.3, 0.4) is 0 Å². The van der Waals surface area contributed by atoms with E-state index in [4.69, 9.17) is 4.42 Å². The molecule has 1 aromatic heterocycles. The molecule has 0 bridgehead atoms. The number of hydrogen-bond donors (Lipinski definition) is 2. The average Bonchev–Trinajstić information content (AvgIpc) is 2.78. The highest BCUT2D eigenvalue weighted by molar-refractivity contribution is 7.89. The summed E-state index contributed by atoms with van der Waals surface area (Å²) in [6.45, 7) is 3.24. The van der Waals surface area contributed by atoms with Gasteiger partial charge in [-0.1, -0.05) is 0 Å². The largest absolute Gasteiger partial charge is 0.467 e. The second kappa shape index (κ2) is 5.83. The van der Waals surface area contributed by atoms with Gasteiger partial charge in [-0.15, -0.1) is 0 Å². The fourth-order valence-corrected chi connectivity index (χ4v) is 1.96. The Morgan fingerprint density at radius 3 is 2.76 bits per heavy atom. The summed E-state index contributed by atoms with van der Waals surface area (Å²) in [7, 11) is -3.37. The number of carbonyl (C=O) groups is 1. The van der Waals surface area contributed by atoms with E-state index in [1.54, 1.807) is 12.1 Å². The Kier molecular flexibility index (Phi) is 4.71. The number of amides is 1. The highest BCUT2D eigenvalue weighted by atomic mass is 32.2. The van der Waals surface area contributed by atoms with Gasteiger partial charge in [-0.25, -0.2) is 13.1 Å². The van der Waals surface area contributed by atoms with Gasteiger partial charge in [0.2, 0.25) is 15.9 Å². The summed E-state index contributed by atoms with van der Waals surface area (Å²) in [6.07, 6.45) is 1.50. The molecule has 1 amide bonds. The van der Waals surface area contributed by atoms with Crippen molar-refractivity contribution in [1.82, 2.24) is 10.0 Å². The molecule has 1 heterocycles. The molecule has 1 aromatic rings. The lowest BCUT2D eigenvalue weighted by molar-refractivity contribution is -0.122. The Balaban J connectivity index is 2.42. The molecule has 17 heavy (non-hydrogen) atoms. The topological polar surface area (TPSA) is 88.4 Å². The second-order valence-corrected chi connectivity index (χ2v) is 5.58. The quantitative estimate of drug-likeness (QED) is 0.766. The monoisotopic (exact) mass is 260 g/mol. The van der Waals surface area contributed by atoms with Gasteiger partial charge in [-0.05, 0) is 26.0 Å². The summed E-state index contributed by atoms with van der Waals surface area (Å²) in [5.74, 6) is 0.172. The summed E-state index contributed by atoms with van der Waals surface area (Å²) < 4.78 is 29.8. The lowest BCUT2D eigenvalue weighted by Gasteiger charge is -2.12. The van der Waals surface area contributed by atoms with Gasteiger partial charge >= 0.3 is 0 Å². The molecule has 6 nitrogen and oxygen atoms in total. The zero-order valence-electron chi connectivity index (χ0n) is 9.76. The van der Waals surface area contributed by atoms with Crippen LogP contribution in [0.4, 0.5) is 0 Å². The van der Waals surface area contributed by atoms with Crippen LogP contribution in [0.2, 0.25) is 0 Å². The van der Waals surface area contributed by atoms with Crippen LogP contribution in [0.1, 0.15) is 19.6 Å². The zero-order chi connectivity index (χ0) is 12.9. The third-order valence-corrected chi connectivity index (χ3v) is 3.62. The number of carbonyl (C=O) groups excluding carboxylic acids is 1. The van der Waals surface area contributed by atoms with Crippen molar-refractivity contribution in [3.05, 3.63) is 24.2 Å². The third kappa shape index (κ3) is 4.58. The molecule has 0 aliphatic carbocycles. The van der Waals surface area contributed by atoms with Crippen molar-refractivity contribution in [2.75, 3.05) is 5.75 Å². The minimum absolute atomic E-state index is 0.0528. The van der Waals surface area contributed by atoms with Crippen molar-refractivity contribution >= 4 is 15.9 Å². The first-order valence-corrected chi connectivity index (χ1v) is 6.90. The molecular weight excluding hydrogens is 244 g/mol. The highest BCUT2D eigenvalue weighted by Gasteiger charge is 2.18. The predicted octanol–water partition coefficient (Wildman–Crippen LogP) is 0.224. The SMILES string of the molecule is CCS(=O)(=O)N[C@@H](C)C(=O)NCc1ccco1. The van der Waals surface area contributed by atoms with Crippen molar-refractivity contribution < 1.29 is 17.6 Å². The van der Waals surface area contributed by atoms with Crippen molar-refractivity contribution in [3.63, 3.8) is 0 Å². The summed E-state index contributed by atoms with van der Waals surface area (Å²) in [5.41, 5.74) is 0. The maximum Gasteiger partial charge on any atom is 0.238 e. The lowest BCUT2D eigenvalue weighted by atomic mass is 10.3. The van der Waals surface area contributed by atoms with Crippen LogP contribution in [0.5, 0.6) is 0 Å². The first-order chi connectivity index (χ1) is 7.94. The molecule has 2 N–H and O–H groups in total.